The van der Waals surface area contributed by atoms with E-state index in [9.17, 15) is 9.90 Å². The summed E-state index contributed by atoms with van der Waals surface area (Å²) in [5.74, 6) is 5.92. The number of amides is 1. The molecular weight excluding hydrogens is 306 g/mol. The van der Waals surface area contributed by atoms with Crippen LogP contribution in [0, 0.1) is 11.8 Å². The fourth-order valence-electron chi connectivity index (χ4n) is 1.50. The number of carboxylic acid groups (broad SMARTS) is 1. The Bertz CT molecular complexity index is 657. The maximum atomic E-state index is 10.6. The molecule has 0 fully saturated rings. The van der Waals surface area contributed by atoms with Crippen molar-refractivity contribution in [1.29, 1.82) is 0 Å². The minimum atomic E-state index is -1.36. The van der Waals surface area contributed by atoms with E-state index in [1.165, 1.54) is 0 Å². The average molecular weight is 315 g/mol. The molecule has 2 rings (SSSR count). The number of carbonyl (C=O) groups is 1. The van der Waals surface area contributed by atoms with Crippen molar-refractivity contribution in [1.82, 2.24) is 0 Å². The second-order valence-corrected chi connectivity index (χ2v) is 4.63. The first-order valence-corrected chi connectivity index (χ1v) is 6.29. The van der Waals surface area contributed by atoms with E-state index in [1.807, 2.05) is 30.3 Å². The van der Waals surface area contributed by atoms with Crippen molar-refractivity contribution < 1.29 is 9.90 Å². The Kier molecular flexibility index (Phi) is 4.22. The smallest absolute Gasteiger partial charge is 0.138 e. The maximum Gasteiger partial charge on any atom is 0.138 e. The highest BCUT2D eigenvalue weighted by atomic mass is 79.9. The van der Waals surface area contributed by atoms with Crippen LogP contribution in [0.2, 0.25) is 0 Å². The van der Waals surface area contributed by atoms with Gasteiger partial charge in [-0.1, -0.05) is 46.0 Å². The summed E-state index contributed by atoms with van der Waals surface area (Å²) in [6, 6.07) is 14.6. The molecule has 1 N–H and O–H groups in total. The fraction of sp³-hybridized carbons (Fsp3) is 0. The summed E-state index contributed by atoms with van der Waals surface area (Å²) in [5.41, 5.74) is 1.86. The third kappa shape index (κ3) is 3.87. The fourth-order valence-corrected chi connectivity index (χ4v) is 1.86. The first kappa shape index (κ1) is 13.2. The van der Waals surface area contributed by atoms with Crippen LogP contribution in [-0.4, -0.2) is 6.09 Å². The van der Waals surface area contributed by atoms with E-state index >= 15 is 0 Å². The van der Waals surface area contributed by atoms with Crippen LogP contribution in [0.3, 0.4) is 0 Å². The Hall–Kier alpha value is -2.25. The quantitative estimate of drug-likeness (QED) is 0.823. The van der Waals surface area contributed by atoms with Crippen molar-refractivity contribution in [2.75, 3.05) is 5.32 Å². The predicted molar refractivity (Wildman–Crippen MR) is 75.6 cm³/mol. The molecule has 0 aliphatic heterocycles. The Labute approximate surface area is 119 Å². The molecule has 94 valence electrons. The summed E-state index contributed by atoms with van der Waals surface area (Å²) >= 11 is 3.33. The van der Waals surface area contributed by atoms with E-state index in [-0.39, 0.29) is 0 Å². The minimum Gasteiger partial charge on any atom is -0.530 e. The first-order valence-electron chi connectivity index (χ1n) is 5.50. The van der Waals surface area contributed by atoms with E-state index in [0.717, 1.165) is 10.0 Å². The highest BCUT2D eigenvalue weighted by molar-refractivity contribution is 9.10. The number of hydrogen-bond acceptors (Lipinski definition) is 2. The van der Waals surface area contributed by atoms with Crippen LogP contribution >= 0.6 is 15.9 Å². The van der Waals surface area contributed by atoms with Gasteiger partial charge in [-0.15, -0.1) is 0 Å². The van der Waals surface area contributed by atoms with Gasteiger partial charge in [0.25, 0.3) is 0 Å². The molecule has 0 saturated carbocycles. The molecule has 2 aromatic rings. The highest BCUT2D eigenvalue weighted by Gasteiger charge is 2.00. The van der Waals surface area contributed by atoms with E-state index < -0.39 is 6.09 Å². The van der Waals surface area contributed by atoms with Crippen LogP contribution in [0.4, 0.5) is 10.5 Å². The van der Waals surface area contributed by atoms with Gasteiger partial charge in [0, 0.05) is 15.6 Å². The second-order valence-electron chi connectivity index (χ2n) is 3.72. The number of halogens is 1. The first-order chi connectivity index (χ1) is 9.15. The molecule has 0 radical (unpaired) electrons. The summed E-state index contributed by atoms with van der Waals surface area (Å²) in [4.78, 5) is 10.6. The normalized spacial score (nSPS) is 9.32. The van der Waals surface area contributed by atoms with Gasteiger partial charge < -0.3 is 15.2 Å². The van der Waals surface area contributed by atoms with Gasteiger partial charge in [-0.05, 0) is 30.3 Å². The molecule has 0 spiro atoms. The van der Waals surface area contributed by atoms with Crippen molar-refractivity contribution in [2.45, 2.75) is 0 Å². The second kappa shape index (κ2) is 6.07. The molecule has 1 amide bonds. The van der Waals surface area contributed by atoms with Crippen LogP contribution in [0.1, 0.15) is 11.1 Å². The lowest BCUT2D eigenvalue weighted by molar-refractivity contribution is -0.242. The Balaban J connectivity index is 2.36. The lowest BCUT2D eigenvalue weighted by atomic mass is 10.1. The van der Waals surface area contributed by atoms with Gasteiger partial charge in [0.1, 0.15) is 6.09 Å². The van der Waals surface area contributed by atoms with E-state index in [0.29, 0.717) is 11.3 Å². The highest BCUT2D eigenvalue weighted by Crippen LogP contribution is 2.20. The zero-order valence-electron chi connectivity index (χ0n) is 9.81. The van der Waals surface area contributed by atoms with Crippen molar-refractivity contribution >= 4 is 27.7 Å². The monoisotopic (exact) mass is 314 g/mol. The number of hydrogen-bond donors (Lipinski definition) is 1. The van der Waals surface area contributed by atoms with Crippen LogP contribution in [-0.2, 0) is 0 Å². The molecule has 0 heterocycles. The summed E-state index contributed by atoms with van der Waals surface area (Å²) in [7, 11) is 0. The molecule has 3 nitrogen and oxygen atoms in total. The minimum absolute atomic E-state index is 0.409. The zero-order chi connectivity index (χ0) is 13.7. The van der Waals surface area contributed by atoms with Gasteiger partial charge in [-0.2, -0.15) is 0 Å². The molecule has 0 aromatic heterocycles. The summed E-state index contributed by atoms with van der Waals surface area (Å²) in [5, 5.41) is 12.8. The lowest BCUT2D eigenvalue weighted by Crippen LogP contribution is -2.29. The molecule has 0 unspecified atom stereocenters. The molecule has 0 aliphatic rings. The van der Waals surface area contributed by atoms with Crippen LogP contribution in [0.5, 0.6) is 0 Å². The Morgan fingerprint density at radius 2 is 1.84 bits per heavy atom. The van der Waals surface area contributed by atoms with Crippen molar-refractivity contribution in [3.63, 3.8) is 0 Å². The van der Waals surface area contributed by atoms with Crippen molar-refractivity contribution in [3.8, 4) is 11.8 Å². The van der Waals surface area contributed by atoms with E-state index in [4.69, 9.17) is 0 Å². The largest absolute Gasteiger partial charge is 0.530 e. The van der Waals surface area contributed by atoms with Gasteiger partial charge in [0.15, 0.2) is 0 Å². The predicted octanol–water partition coefficient (Wildman–Crippen LogP) is 2.60. The Morgan fingerprint density at radius 3 is 2.53 bits per heavy atom. The van der Waals surface area contributed by atoms with Crippen LogP contribution < -0.4 is 10.4 Å². The SMILES string of the molecule is O=C([O-])Nc1ccc(Br)cc1C#Cc1ccccc1. The van der Waals surface area contributed by atoms with Gasteiger partial charge in [0.05, 0.1) is 5.69 Å². The molecular formula is C15H9BrNO2-. The standard InChI is InChI=1S/C15H10BrNO2/c16-13-8-9-14(17-15(18)19)12(10-13)7-6-11-4-2-1-3-5-11/h1-5,8-10,17H,(H,18,19)/p-1. The molecule has 0 saturated heterocycles. The number of carbonyl (C=O) groups excluding carboxylic acids is 1. The lowest BCUT2D eigenvalue weighted by Gasteiger charge is -2.08. The van der Waals surface area contributed by atoms with Crippen LogP contribution in [0.25, 0.3) is 0 Å². The van der Waals surface area contributed by atoms with E-state index in [1.54, 1.807) is 18.2 Å². The topological polar surface area (TPSA) is 52.2 Å². The van der Waals surface area contributed by atoms with Gasteiger partial charge in [-0.3, -0.25) is 0 Å². The number of rotatable bonds is 1. The molecule has 0 bridgehead atoms. The summed E-state index contributed by atoms with van der Waals surface area (Å²) in [6.45, 7) is 0. The van der Waals surface area contributed by atoms with E-state index in [2.05, 4.69) is 33.1 Å². The van der Waals surface area contributed by atoms with Crippen molar-refractivity contribution in [3.05, 3.63) is 64.1 Å². The maximum absolute atomic E-state index is 10.6. The van der Waals surface area contributed by atoms with Gasteiger partial charge in [-0.25, -0.2) is 0 Å². The van der Waals surface area contributed by atoms with Crippen molar-refractivity contribution in [2.24, 2.45) is 0 Å². The molecule has 0 atom stereocenters. The zero-order valence-corrected chi connectivity index (χ0v) is 11.4. The molecule has 2 aromatic carbocycles. The summed E-state index contributed by atoms with van der Waals surface area (Å²) in [6.07, 6.45) is -1.36. The third-order valence-corrected chi connectivity index (χ3v) is 2.83. The number of benzene rings is 2. The number of nitrogens with one attached hydrogen (secondary N) is 1. The molecule has 4 heteroatoms. The average Bonchev–Trinajstić information content (AvgIpc) is 2.40. The van der Waals surface area contributed by atoms with Gasteiger partial charge >= 0.3 is 0 Å². The molecule has 0 aliphatic carbocycles. The van der Waals surface area contributed by atoms with Gasteiger partial charge in [0.2, 0.25) is 0 Å². The Morgan fingerprint density at radius 1 is 1.11 bits per heavy atom. The van der Waals surface area contributed by atoms with Crippen LogP contribution in [0.15, 0.2) is 53.0 Å². The molecule has 19 heavy (non-hydrogen) atoms. The third-order valence-electron chi connectivity index (χ3n) is 2.33. The summed E-state index contributed by atoms with van der Waals surface area (Å²) < 4.78 is 0.828. The number of anilines is 1.